The van der Waals surface area contributed by atoms with Gasteiger partial charge >= 0.3 is 0 Å². The van der Waals surface area contributed by atoms with Gasteiger partial charge in [0, 0.05) is 36.3 Å². The Kier molecular flexibility index (Phi) is 6.06. The SMILES string of the molecule is O=C(Nc1ccc2[nH]nc(-c3ccc(CN4CCOCC4)cc3)c2c1)C1CCCc2ccccc21. The van der Waals surface area contributed by atoms with Crippen molar-refractivity contribution in [1.82, 2.24) is 15.1 Å². The van der Waals surface area contributed by atoms with Crippen molar-refractivity contribution >= 4 is 22.5 Å². The molecule has 0 radical (unpaired) electrons. The quantitative estimate of drug-likeness (QED) is 0.428. The zero-order chi connectivity index (χ0) is 23.6. The number of aromatic nitrogens is 2. The first kappa shape index (κ1) is 22.0. The number of nitrogens with one attached hydrogen (secondary N) is 2. The van der Waals surface area contributed by atoms with Crippen LogP contribution in [0.4, 0.5) is 5.69 Å². The number of rotatable bonds is 5. The summed E-state index contributed by atoms with van der Waals surface area (Å²) in [7, 11) is 0. The second kappa shape index (κ2) is 9.64. The molecular formula is C29H30N4O2. The first-order valence-electron chi connectivity index (χ1n) is 12.5. The molecule has 1 amide bonds. The van der Waals surface area contributed by atoms with Crippen LogP contribution in [0.25, 0.3) is 22.2 Å². The monoisotopic (exact) mass is 466 g/mol. The number of hydrogen-bond acceptors (Lipinski definition) is 4. The summed E-state index contributed by atoms with van der Waals surface area (Å²) in [4.78, 5) is 15.6. The van der Waals surface area contributed by atoms with Crippen LogP contribution in [0.1, 0.15) is 35.4 Å². The Morgan fingerprint density at radius 2 is 1.89 bits per heavy atom. The van der Waals surface area contributed by atoms with Crippen LogP contribution in [-0.2, 0) is 22.5 Å². The molecule has 0 saturated carbocycles. The molecular weight excluding hydrogens is 436 g/mol. The van der Waals surface area contributed by atoms with E-state index in [4.69, 9.17) is 4.74 Å². The highest BCUT2D eigenvalue weighted by molar-refractivity contribution is 6.00. The Morgan fingerprint density at radius 3 is 2.74 bits per heavy atom. The van der Waals surface area contributed by atoms with Crippen LogP contribution in [-0.4, -0.2) is 47.3 Å². The van der Waals surface area contributed by atoms with Crippen LogP contribution in [0.3, 0.4) is 0 Å². The maximum Gasteiger partial charge on any atom is 0.231 e. The summed E-state index contributed by atoms with van der Waals surface area (Å²) in [5.74, 6) is -0.0347. The van der Waals surface area contributed by atoms with Crippen LogP contribution in [0, 0.1) is 0 Å². The summed E-state index contributed by atoms with van der Waals surface area (Å²) < 4.78 is 5.45. The van der Waals surface area contributed by atoms with E-state index in [0.717, 1.165) is 80.0 Å². The molecule has 35 heavy (non-hydrogen) atoms. The molecule has 6 nitrogen and oxygen atoms in total. The lowest BCUT2D eigenvalue weighted by atomic mass is 9.82. The number of H-pyrrole nitrogens is 1. The zero-order valence-corrected chi connectivity index (χ0v) is 19.8. The van der Waals surface area contributed by atoms with Crippen LogP contribution < -0.4 is 5.32 Å². The average molecular weight is 467 g/mol. The zero-order valence-electron chi connectivity index (χ0n) is 19.8. The molecule has 3 aromatic carbocycles. The fourth-order valence-corrected chi connectivity index (χ4v) is 5.35. The molecule has 2 heterocycles. The Labute approximate surface area is 205 Å². The molecule has 1 fully saturated rings. The minimum absolute atomic E-state index is 0.0639. The van der Waals surface area contributed by atoms with E-state index in [2.05, 4.69) is 62.9 Å². The van der Waals surface area contributed by atoms with Crippen molar-refractivity contribution in [3.05, 3.63) is 83.4 Å². The number of aryl methyl sites for hydroxylation is 1. The number of hydrogen-bond donors (Lipinski definition) is 2. The molecule has 1 aliphatic heterocycles. The number of fused-ring (bicyclic) bond motifs is 2. The van der Waals surface area contributed by atoms with E-state index in [-0.39, 0.29) is 11.8 Å². The number of nitrogens with zero attached hydrogens (tertiary/aromatic N) is 2. The third kappa shape index (κ3) is 4.59. The number of amides is 1. The van der Waals surface area contributed by atoms with Crippen LogP contribution in [0.5, 0.6) is 0 Å². The van der Waals surface area contributed by atoms with Crippen molar-refractivity contribution in [2.24, 2.45) is 0 Å². The third-order valence-corrected chi connectivity index (χ3v) is 7.25. The minimum Gasteiger partial charge on any atom is -0.379 e. The normalized spacial score (nSPS) is 18.3. The van der Waals surface area contributed by atoms with E-state index in [1.165, 1.54) is 16.7 Å². The molecule has 1 atom stereocenters. The van der Waals surface area contributed by atoms with E-state index < -0.39 is 0 Å². The summed E-state index contributed by atoms with van der Waals surface area (Å²) in [5.41, 5.74) is 7.47. The van der Waals surface area contributed by atoms with Gasteiger partial charge in [0.25, 0.3) is 0 Å². The number of anilines is 1. The van der Waals surface area contributed by atoms with Crippen molar-refractivity contribution in [3.63, 3.8) is 0 Å². The fraction of sp³-hybridized carbons (Fsp3) is 0.310. The van der Waals surface area contributed by atoms with Gasteiger partial charge in [-0.05, 0) is 54.2 Å². The molecule has 0 spiro atoms. The highest BCUT2D eigenvalue weighted by atomic mass is 16.5. The molecule has 6 rings (SSSR count). The molecule has 1 aromatic heterocycles. The van der Waals surface area contributed by atoms with Gasteiger partial charge in [0.05, 0.1) is 30.3 Å². The maximum atomic E-state index is 13.2. The molecule has 178 valence electrons. The van der Waals surface area contributed by atoms with E-state index in [1.54, 1.807) is 0 Å². The minimum atomic E-state index is -0.0986. The molecule has 2 N–H and O–H groups in total. The summed E-state index contributed by atoms with van der Waals surface area (Å²) in [6, 6.07) is 22.9. The van der Waals surface area contributed by atoms with Crippen LogP contribution in [0.15, 0.2) is 66.7 Å². The van der Waals surface area contributed by atoms with Gasteiger partial charge in [-0.25, -0.2) is 0 Å². The predicted molar refractivity (Wildman–Crippen MR) is 138 cm³/mol. The number of carbonyl (C=O) groups excluding carboxylic acids is 1. The molecule has 0 bridgehead atoms. The van der Waals surface area contributed by atoms with Crippen molar-refractivity contribution in [1.29, 1.82) is 0 Å². The van der Waals surface area contributed by atoms with Crippen molar-refractivity contribution in [2.75, 3.05) is 31.6 Å². The van der Waals surface area contributed by atoms with Gasteiger partial charge in [-0.15, -0.1) is 0 Å². The van der Waals surface area contributed by atoms with Gasteiger partial charge in [0.1, 0.15) is 0 Å². The standard InChI is InChI=1S/C29H30N4O2/c34-29(25-7-3-5-21-4-1-2-6-24(21)25)30-23-12-13-27-26(18-23)28(32-31-27)22-10-8-20(9-11-22)19-33-14-16-35-17-15-33/h1-2,4,6,8-13,18,25H,3,5,7,14-17,19H2,(H,30,34)(H,31,32). The Bertz CT molecular complexity index is 1340. The van der Waals surface area contributed by atoms with Crippen LogP contribution >= 0.6 is 0 Å². The molecule has 1 aliphatic carbocycles. The van der Waals surface area contributed by atoms with Crippen LogP contribution in [0.2, 0.25) is 0 Å². The Hall–Kier alpha value is -3.48. The summed E-state index contributed by atoms with van der Waals surface area (Å²) in [6.07, 6.45) is 2.98. The van der Waals surface area contributed by atoms with E-state index >= 15 is 0 Å². The second-order valence-electron chi connectivity index (χ2n) is 9.55. The van der Waals surface area contributed by atoms with Crippen molar-refractivity contribution in [2.45, 2.75) is 31.7 Å². The Balaban J connectivity index is 1.21. The molecule has 1 unspecified atom stereocenters. The van der Waals surface area contributed by atoms with Gasteiger partial charge < -0.3 is 10.1 Å². The number of ether oxygens (including phenoxy) is 1. The van der Waals surface area contributed by atoms with Gasteiger partial charge in [0.15, 0.2) is 0 Å². The molecule has 2 aliphatic rings. The molecule has 4 aromatic rings. The largest absolute Gasteiger partial charge is 0.379 e. The van der Waals surface area contributed by atoms with Gasteiger partial charge in [-0.2, -0.15) is 5.10 Å². The summed E-state index contributed by atoms with van der Waals surface area (Å²) in [5, 5.41) is 11.9. The number of benzene rings is 3. The van der Waals surface area contributed by atoms with Gasteiger partial charge in [0.2, 0.25) is 5.91 Å². The van der Waals surface area contributed by atoms with E-state index in [1.807, 2.05) is 24.3 Å². The molecule has 1 saturated heterocycles. The lowest BCUT2D eigenvalue weighted by molar-refractivity contribution is -0.117. The van der Waals surface area contributed by atoms with Gasteiger partial charge in [-0.1, -0.05) is 48.5 Å². The molecule has 6 heteroatoms. The lowest BCUT2D eigenvalue weighted by Crippen LogP contribution is -2.35. The van der Waals surface area contributed by atoms with Crippen molar-refractivity contribution < 1.29 is 9.53 Å². The number of morpholine rings is 1. The number of carbonyl (C=O) groups is 1. The fourth-order valence-electron chi connectivity index (χ4n) is 5.35. The summed E-state index contributed by atoms with van der Waals surface area (Å²) >= 11 is 0. The Morgan fingerprint density at radius 1 is 1.06 bits per heavy atom. The van der Waals surface area contributed by atoms with Gasteiger partial charge in [-0.3, -0.25) is 14.8 Å². The first-order chi connectivity index (χ1) is 17.2. The smallest absolute Gasteiger partial charge is 0.231 e. The van der Waals surface area contributed by atoms with E-state index in [0.29, 0.717) is 0 Å². The second-order valence-corrected chi connectivity index (χ2v) is 9.55. The third-order valence-electron chi connectivity index (χ3n) is 7.25. The highest BCUT2D eigenvalue weighted by Gasteiger charge is 2.26. The predicted octanol–water partition coefficient (Wildman–Crippen LogP) is 5.12. The number of aromatic amines is 1. The lowest BCUT2D eigenvalue weighted by Gasteiger charge is -2.26. The summed E-state index contributed by atoms with van der Waals surface area (Å²) in [6.45, 7) is 4.51. The first-order valence-corrected chi connectivity index (χ1v) is 12.5. The average Bonchev–Trinajstić information content (AvgIpc) is 3.33. The van der Waals surface area contributed by atoms with Crippen molar-refractivity contribution in [3.8, 4) is 11.3 Å². The topological polar surface area (TPSA) is 70.2 Å². The maximum absolute atomic E-state index is 13.2. The highest BCUT2D eigenvalue weighted by Crippen LogP contribution is 2.33. The van der Waals surface area contributed by atoms with E-state index in [9.17, 15) is 4.79 Å².